The van der Waals surface area contributed by atoms with Gasteiger partial charge in [0, 0.05) is 25.4 Å². The number of aromatic nitrogens is 2. The van der Waals surface area contributed by atoms with E-state index in [2.05, 4.69) is 0 Å². The predicted molar refractivity (Wildman–Crippen MR) is 104 cm³/mol. The number of hydrogen-bond donors (Lipinski definition) is 1. The van der Waals surface area contributed by atoms with Gasteiger partial charge in [0.1, 0.15) is 11.3 Å². The minimum atomic E-state index is 0.0355. The number of pyridine rings is 1. The normalized spacial score (nSPS) is 11.2. The number of amides is 1. The number of imidazole rings is 1. The van der Waals surface area contributed by atoms with Gasteiger partial charge in [-0.3, -0.25) is 9.20 Å². The van der Waals surface area contributed by atoms with Crippen LogP contribution in [-0.2, 0) is 11.2 Å². The summed E-state index contributed by atoms with van der Waals surface area (Å²) in [7, 11) is 3.51. The van der Waals surface area contributed by atoms with E-state index < -0.39 is 0 Å². The number of rotatable bonds is 3. The van der Waals surface area contributed by atoms with Gasteiger partial charge in [-0.05, 0) is 44.4 Å². The Balaban J connectivity index is 2.24. The number of likely N-dealkylation sites (N-methyl/N-ethyl adjacent to an activating group) is 1. The molecule has 0 spiro atoms. The van der Waals surface area contributed by atoms with E-state index in [1.54, 1.807) is 23.4 Å². The molecule has 2 heterocycles. The molecule has 5 nitrogen and oxygen atoms in total. The second-order valence-corrected chi connectivity index (χ2v) is 7.09. The van der Waals surface area contributed by atoms with Gasteiger partial charge >= 0.3 is 0 Å². The smallest absolute Gasteiger partial charge is 0.226 e. The molecule has 0 radical (unpaired) electrons. The van der Waals surface area contributed by atoms with E-state index in [4.69, 9.17) is 4.98 Å². The molecule has 26 heavy (non-hydrogen) atoms. The first kappa shape index (κ1) is 18.0. The van der Waals surface area contributed by atoms with Gasteiger partial charge in [0.15, 0.2) is 0 Å². The van der Waals surface area contributed by atoms with Crippen LogP contribution in [-0.4, -0.2) is 39.4 Å². The van der Waals surface area contributed by atoms with Gasteiger partial charge in [-0.25, -0.2) is 4.98 Å². The van der Waals surface area contributed by atoms with Crippen LogP contribution in [0, 0.1) is 27.7 Å². The molecule has 3 aromatic rings. The van der Waals surface area contributed by atoms with Crippen LogP contribution in [0.3, 0.4) is 0 Å². The quantitative estimate of drug-likeness (QED) is 0.785. The van der Waals surface area contributed by atoms with Crippen LogP contribution in [0.15, 0.2) is 24.3 Å². The van der Waals surface area contributed by atoms with Crippen LogP contribution in [0.1, 0.15) is 27.9 Å². The molecule has 1 N–H and O–H groups in total. The largest absolute Gasteiger partial charge is 0.493 e. The van der Waals surface area contributed by atoms with E-state index >= 15 is 0 Å². The van der Waals surface area contributed by atoms with Gasteiger partial charge in [0.2, 0.25) is 11.8 Å². The fraction of sp³-hybridized carbons (Fsp3) is 0.333. The summed E-state index contributed by atoms with van der Waals surface area (Å²) in [4.78, 5) is 18.5. The first-order valence-electron chi connectivity index (χ1n) is 8.69. The third-order valence-corrected chi connectivity index (χ3v) is 5.13. The monoisotopic (exact) mass is 351 g/mol. The van der Waals surface area contributed by atoms with E-state index in [1.807, 2.05) is 52.0 Å². The first-order valence-corrected chi connectivity index (χ1v) is 8.69. The van der Waals surface area contributed by atoms with Crippen molar-refractivity contribution >= 4 is 11.6 Å². The highest BCUT2D eigenvalue weighted by molar-refractivity contribution is 5.80. The number of nitrogens with zero attached hydrogens (tertiary/aromatic N) is 3. The lowest BCUT2D eigenvalue weighted by Gasteiger charge is -2.17. The molecule has 0 unspecified atom stereocenters. The van der Waals surface area contributed by atoms with Crippen molar-refractivity contribution in [2.75, 3.05) is 14.1 Å². The van der Waals surface area contributed by atoms with Crippen molar-refractivity contribution in [3.63, 3.8) is 0 Å². The summed E-state index contributed by atoms with van der Waals surface area (Å²) < 4.78 is 1.76. The Bertz CT molecular complexity index is 999. The Kier molecular flexibility index (Phi) is 4.48. The second-order valence-electron chi connectivity index (χ2n) is 7.09. The zero-order valence-electron chi connectivity index (χ0n) is 16.2. The Morgan fingerprint density at radius 2 is 1.69 bits per heavy atom. The summed E-state index contributed by atoms with van der Waals surface area (Å²) in [6.07, 6.45) is 0.304. The molecule has 0 aliphatic heterocycles. The number of hydrogen-bond acceptors (Lipinski definition) is 3. The standard InChI is InChI=1S/C21H25N3O2/c1-12-7-9-16(10-8-12)19-21(26)24-15(4)17(11-18(25)23(5)6)13(2)14(3)20(24)22-19/h7-10,26H,11H2,1-6H3. The van der Waals surface area contributed by atoms with Crippen LogP contribution < -0.4 is 0 Å². The first-order chi connectivity index (χ1) is 12.2. The molecule has 2 aromatic heterocycles. The Hall–Kier alpha value is -2.82. The molecule has 0 aliphatic rings. The van der Waals surface area contributed by atoms with Crippen LogP contribution in [0.25, 0.3) is 16.9 Å². The van der Waals surface area contributed by atoms with E-state index in [0.717, 1.165) is 39.2 Å². The van der Waals surface area contributed by atoms with Crippen molar-refractivity contribution in [3.8, 4) is 17.1 Å². The Morgan fingerprint density at radius 3 is 2.27 bits per heavy atom. The van der Waals surface area contributed by atoms with Gasteiger partial charge in [-0.15, -0.1) is 0 Å². The minimum absolute atomic E-state index is 0.0355. The number of carbonyl (C=O) groups is 1. The molecule has 5 heteroatoms. The molecule has 1 amide bonds. The summed E-state index contributed by atoms with van der Waals surface area (Å²) in [5.74, 6) is 0.149. The molecule has 3 rings (SSSR count). The highest BCUT2D eigenvalue weighted by Crippen LogP contribution is 2.34. The molecule has 0 fully saturated rings. The lowest BCUT2D eigenvalue weighted by molar-refractivity contribution is -0.127. The van der Waals surface area contributed by atoms with Crippen molar-refractivity contribution in [1.82, 2.24) is 14.3 Å². The fourth-order valence-electron chi connectivity index (χ4n) is 3.26. The molecular weight excluding hydrogens is 326 g/mol. The van der Waals surface area contributed by atoms with Crippen molar-refractivity contribution in [1.29, 1.82) is 0 Å². The molecule has 0 bridgehead atoms. The highest BCUT2D eigenvalue weighted by Gasteiger charge is 2.22. The maximum Gasteiger partial charge on any atom is 0.226 e. The lowest BCUT2D eigenvalue weighted by atomic mass is 9.99. The van der Waals surface area contributed by atoms with Gasteiger partial charge in [0.05, 0.1) is 6.42 Å². The number of aryl methyl sites for hydroxylation is 3. The molecule has 0 atom stereocenters. The van der Waals surface area contributed by atoms with E-state index in [9.17, 15) is 9.90 Å². The van der Waals surface area contributed by atoms with Crippen molar-refractivity contribution in [2.45, 2.75) is 34.1 Å². The van der Waals surface area contributed by atoms with Crippen molar-refractivity contribution in [3.05, 3.63) is 52.2 Å². The number of aromatic hydroxyl groups is 1. The van der Waals surface area contributed by atoms with Crippen molar-refractivity contribution in [2.24, 2.45) is 0 Å². The molecule has 0 saturated heterocycles. The molecular formula is C21H25N3O2. The molecule has 0 aliphatic carbocycles. The SMILES string of the molecule is Cc1ccc(-c2nc3c(C)c(C)c(CC(=O)N(C)C)c(C)n3c2O)cc1. The summed E-state index contributed by atoms with van der Waals surface area (Å²) in [6.45, 7) is 7.95. The van der Waals surface area contributed by atoms with E-state index in [-0.39, 0.29) is 11.8 Å². The number of carbonyl (C=O) groups excluding carboxylic acids is 1. The second kappa shape index (κ2) is 6.48. The van der Waals surface area contributed by atoms with Gasteiger partial charge in [0.25, 0.3) is 0 Å². The molecule has 0 saturated carbocycles. The van der Waals surface area contributed by atoms with E-state index in [0.29, 0.717) is 12.1 Å². The fourth-order valence-corrected chi connectivity index (χ4v) is 3.26. The maximum absolute atomic E-state index is 12.2. The predicted octanol–water partition coefficient (Wildman–Crippen LogP) is 3.57. The minimum Gasteiger partial charge on any atom is -0.493 e. The Labute approximate surface area is 153 Å². The summed E-state index contributed by atoms with van der Waals surface area (Å²) >= 11 is 0. The van der Waals surface area contributed by atoms with Crippen LogP contribution >= 0.6 is 0 Å². The van der Waals surface area contributed by atoms with Gasteiger partial charge in [-0.1, -0.05) is 29.8 Å². The maximum atomic E-state index is 12.2. The van der Waals surface area contributed by atoms with Crippen molar-refractivity contribution < 1.29 is 9.90 Å². The third-order valence-electron chi connectivity index (χ3n) is 5.13. The number of fused-ring (bicyclic) bond motifs is 1. The van der Waals surface area contributed by atoms with Crippen LogP contribution in [0.5, 0.6) is 5.88 Å². The zero-order chi connectivity index (χ0) is 19.2. The average Bonchev–Trinajstić information content (AvgIpc) is 2.95. The van der Waals surface area contributed by atoms with Crippen LogP contribution in [0.2, 0.25) is 0 Å². The van der Waals surface area contributed by atoms with Gasteiger partial charge in [-0.2, -0.15) is 0 Å². The topological polar surface area (TPSA) is 57.8 Å². The van der Waals surface area contributed by atoms with Crippen LogP contribution in [0.4, 0.5) is 0 Å². The zero-order valence-corrected chi connectivity index (χ0v) is 16.2. The van der Waals surface area contributed by atoms with Gasteiger partial charge < -0.3 is 10.0 Å². The average molecular weight is 351 g/mol. The Morgan fingerprint density at radius 1 is 1.08 bits per heavy atom. The molecule has 136 valence electrons. The summed E-state index contributed by atoms with van der Waals surface area (Å²) in [6, 6.07) is 7.94. The molecule has 1 aromatic carbocycles. The lowest BCUT2D eigenvalue weighted by Crippen LogP contribution is -2.24. The number of benzene rings is 1. The third kappa shape index (κ3) is 2.83. The van der Waals surface area contributed by atoms with E-state index in [1.165, 1.54) is 0 Å². The highest BCUT2D eigenvalue weighted by atomic mass is 16.3. The summed E-state index contributed by atoms with van der Waals surface area (Å²) in [5, 5.41) is 10.9. The summed E-state index contributed by atoms with van der Waals surface area (Å²) in [5.41, 5.74) is 7.14.